The Hall–Kier alpha value is -2.38. The lowest BCUT2D eigenvalue weighted by molar-refractivity contribution is 0.125. The number of benzene rings is 3. The van der Waals surface area contributed by atoms with Crippen molar-refractivity contribution in [2.45, 2.75) is 31.3 Å². The summed E-state index contributed by atoms with van der Waals surface area (Å²) in [5, 5.41) is 11.8. The lowest BCUT2D eigenvalue weighted by Crippen LogP contribution is -2.29. The van der Waals surface area contributed by atoms with E-state index in [9.17, 15) is 5.11 Å². The molecule has 0 saturated heterocycles. The molecule has 0 unspecified atom stereocenters. The Morgan fingerprint density at radius 3 is 1.71 bits per heavy atom. The van der Waals surface area contributed by atoms with Crippen LogP contribution in [0.5, 0.6) is 0 Å². The van der Waals surface area contributed by atoms with Gasteiger partial charge in [0, 0.05) is 0 Å². The summed E-state index contributed by atoms with van der Waals surface area (Å²) in [6.07, 6.45) is 4.78. The van der Waals surface area contributed by atoms with Crippen molar-refractivity contribution in [2.24, 2.45) is 0 Å². The molecule has 24 heavy (non-hydrogen) atoms. The highest BCUT2D eigenvalue weighted by Crippen LogP contribution is 2.38. The Labute approximate surface area is 143 Å². The van der Waals surface area contributed by atoms with Crippen LogP contribution in [0.1, 0.15) is 40.7 Å². The predicted octanol–water partition coefficient (Wildman–Crippen LogP) is 4.85. The predicted molar refractivity (Wildman–Crippen MR) is 98.1 cm³/mol. The van der Waals surface area contributed by atoms with E-state index in [2.05, 4.69) is 18.2 Å². The van der Waals surface area contributed by atoms with Gasteiger partial charge in [0.2, 0.25) is 0 Å². The molecule has 120 valence electrons. The zero-order chi connectivity index (χ0) is 16.4. The van der Waals surface area contributed by atoms with E-state index in [1.807, 2.05) is 60.7 Å². The summed E-state index contributed by atoms with van der Waals surface area (Å²) in [4.78, 5) is 0. The van der Waals surface area contributed by atoms with Crippen LogP contribution < -0.4 is 0 Å². The number of aliphatic hydroxyl groups is 1. The maximum absolute atomic E-state index is 11.8. The minimum absolute atomic E-state index is 0.909. The molecule has 4 rings (SSSR count). The standard InChI is InChI=1S/C23H22O/c24-23(20-11-3-1-4-12-20,21-13-5-2-6-14-21)22-16-15-18-9-7-8-10-19(18)17-22/h1-6,11-17,24H,7-10H2. The molecule has 1 nitrogen and oxygen atoms in total. The summed E-state index contributed by atoms with van der Waals surface area (Å²) < 4.78 is 0. The van der Waals surface area contributed by atoms with Crippen LogP contribution in [-0.2, 0) is 18.4 Å². The molecule has 0 heterocycles. The fraction of sp³-hybridized carbons (Fsp3) is 0.217. The van der Waals surface area contributed by atoms with Crippen LogP contribution in [0.15, 0.2) is 78.9 Å². The van der Waals surface area contributed by atoms with Gasteiger partial charge >= 0.3 is 0 Å². The highest BCUT2D eigenvalue weighted by atomic mass is 16.3. The largest absolute Gasteiger partial charge is 0.376 e. The van der Waals surface area contributed by atoms with Gasteiger partial charge in [-0.05, 0) is 53.5 Å². The van der Waals surface area contributed by atoms with E-state index in [-0.39, 0.29) is 0 Å². The molecule has 0 amide bonds. The average molecular weight is 314 g/mol. The zero-order valence-electron chi connectivity index (χ0n) is 13.8. The van der Waals surface area contributed by atoms with E-state index in [0.717, 1.165) is 29.5 Å². The van der Waals surface area contributed by atoms with Gasteiger partial charge in [-0.25, -0.2) is 0 Å². The lowest BCUT2D eigenvalue weighted by Gasteiger charge is -2.31. The highest BCUT2D eigenvalue weighted by molar-refractivity contribution is 5.49. The van der Waals surface area contributed by atoms with Crippen LogP contribution in [0, 0.1) is 0 Å². The smallest absolute Gasteiger partial charge is 0.140 e. The first-order valence-corrected chi connectivity index (χ1v) is 8.74. The number of hydrogen-bond donors (Lipinski definition) is 1. The van der Waals surface area contributed by atoms with Crippen molar-refractivity contribution >= 4 is 0 Å². The van der Waals surface area contributed by atoms with Gasteiger partial charge in [-0.3, -0.25) is 0 Å². The minimum Gasteiger partial charge on any atom is -0.376 e. The number of rotatable bonds is 3. The molecule has 0 aliphatic heterocycles. The highest BCUT2D eigenvalue weighted by Gasteiger charge is 2.34. The summed E-state index contributed by atoms with van der Waals surface area (Å²) in [6, 6.07) is 26.5. The molecule has 0 radical (unpaired) electrons. The van der Waals surface area contributed by atoms with Crippen LogP contribution in [-0.4, -0.2) is 5.11 Å². The Morgan fingerprint density at radius 2 is 1.12 bits per heavy atom. The van der Waals surface area contributed by atoms with Crippen molar-refractivity contribution in [1.29, 1.82) is 0 Å². The first-order chi connectivity index (χ1) is 11.8. The fourth-order valence-electron chi connectivity index (χ4n) is 3.82. The molecular weight excluding hydrogens is 292 g/mol. The van der Waals surface area contributed by atoms with E-state index in [0.29, 0.717) is 0 Å². The molecule has 3 aromatic carbocycles. The van der Waals surface area contributed by atoms with Crippen molar-refractivity contribution in [3.63, 3.8) is 0 Å². The Bertz CT molecular complexity index is 782. The molecule has 0 spiro atoms. The Balaban J connectivity index is 1.91. The average Bonchev–Trinajstić information content (AvgIpc) is 2.68. The quantitative estimate of drug-likeness (QED) is 0.685. The third-order valence-electron chi connectivity index (χ3n) is 5.15. The Kier molecular flexibility index (Phi) is 3.95. The van der Waals surface area contributed by atoms with Gasteiger partial charge in [0.25, 0.3) is 0 Å². The molecule has 1 N–H and O–H groups in total. The first kappa shape index (κ1) is 15.2. The second kappa shape index (κ2) is 6.26. The fourth-order valence-corrected chi connectivity index (χ4v) is 3.82. The summed E-state index contributed by atoms with van der Waals surface area (Å²) in [5.74, 6) is 0. The van der Waals surface area contributed by atoms with E-state index in [4.69, 9.17) is 0 Å². The van der Waals surface area contributed by atoms with E-state index in [1.165, 1.54) is 24.0 Å². The van der Waals surface area contributed by atoms with Crippen molar-refractivity contribution in [2.75, 3.05) is 0 Å². The molecule has 1 aliphatic carbocycles. The van der Waals surface area contributed by atoms with Gasteiger partial charge in [0.1, 0.15) is 5.60 Å². The molecule has 1 aliphatic rings. The van der Waals surface area contributed by atoms with Gasteiger partial charge in [-0.15, -0.1) is 0 Å². The van der Waals surface area contributed by atoms with Crippen molar-refractivity contribution < 1.29 is 5.11 Å². The second-order valence-electron chi connectivity index (χ2n) is 6.63. The number of fused-ring (bicyclic) bond motifs is 1. The Morgan fingerprint density at radius 1 is 0.583 bits per heavy atom. The van der Waals surface area contributed by atoms with Gasteiger partial charge < -0.3 is 5.11 Å². The molecule has 1 heteroatoms. The van der Waals surface area contributed by atoms with Gasteiger partial charge in [-0.2, -0.15) is 0 Å². The summed E-state index contributed by atoms with van der Waals surface area (Å²) in [5.41, 5.74) is 4.49. The van der Waals surface area contributed by atoms with Crippen LogP contribution >= 0.6 is 0 Å². The zero-order valence-corrected chi connectivity index (χ0v) is 13.8. The van der Waals surface area contributed by atoms with Gasteiger partial charge in [-0.1, -0.05) is 78.9 Å². The monoisotopic (exact) mass is 314 g/mol. The normalized spacial score (nSPS) is 14.2. The summed E-state index contributed by atoms with van der Waals surface area (Å²) in [7, 11) is 0. The van der Waals surface area contributed by atoms with Crippen LogP contribution in [0.25, 0.3) is 0 Å². The van der Waals surface area contributed by atoms with Crippen molar-refractivity contribution in [3.05, 3.63) is 107 Å². The molecule has 0 fully saturated rings. The van der Waals surface area contributed by atoms with E-state index in [1.54, 1.807) is 0 Å². The molecular formula is C23H22O. The third-order valence-corrected chi connectivity index (χ3v) is 5.15. The number of hydrogen-bond acceptors (Lipinski definition) is 1. The van der Waals surface area contributed by atoms with Crippen molar-refractivity contribution in [1.82, 2.24) is 0 Å². The maximum Gasteiger partial charge on any atom is 0.140 e. The molecule has 0 atom stereocenters. The molecule has 3 aromatic rings. The first-order valence-electron chi connectivity index (χ1n) is 8.74. The van der Waals surface area contributed by atoms with E-state index >= 15 is 0 Å². The van der Waals surface area contributed by atoms with Crippen LogP contribution in [0.4, 0.5) is 0 Å². The SMILES string of the molecule is OC(c1ccccc1)(c1ccccc1)c1ccc2c(c1)CCCC2. The van der Waals surface area contributed by atoms with Gasteiger partial charge in [0.05, 0.1) is 0 Å². The number of aryl methyl sites for hydroxylation is 2. The van der Waals surface area contributed by atoms with Crippen LogP contribution in [0.3, 0.4) is 0 Å². The molecule has 0 saturated carbocycles. The maximum atomic E-state index is 11.8. The molecule has 0 aromatic heterocycles. The van der Waals surface area contributed by atoms with E-state index < -0.39 is 5.60 Å². The lowest BCUT2D eigenvalue weighted by atomic mass is 9.78. The van der Waals surface area contributed by atoms with Gasteiger partial charge in [0.15, 0.2) is 0 Å². The third kappa shape index (κ3) is 2.55. The summed E-state index contributed by atoms with van der Waals surface area (Å²) >= 11 is 0. The second-order valence-corrected chi connectivity index (χ2v) is 6.63. The molecule has 0 bridgehead atoms. The van der Waals surface area contributed by atoms with Crippen LogP contribution in [0.2, 0.25) is 0 Å². The minimum atomic E-state index is -1.12. The topological polar surface area (TPSA) is 20.2 Å². The van der Waals surface area contributed by atoms with Crippen molar-refractivity contribution in [3.8, 4) is 0 Å². The summed E-state index contributed by atoms with van der Waals surface area (Å²) in [6.45, 7) is 0.